The van der Waals surface area contributed by atoms with Crippen LogP contribution in [0.3, 0.4) is 0 Å². The Labute approximate surface area is 143 Å². The standard InChI is InChI=1S/C17H17N5O3/c1-20-15-13(22(16(20)24)17(25)21-7-2-3-8-21)10-18-14(19-15)11-5-4-6-12(23)9-11/h4-6,9-10,23H,2-3,7-8H2,1H3. The maximum absolute atomic E-state index is 12.7. The number of nitrogens with zero attached hydrogens (tertiary/aromatic N) is 5. The van der Waals surface area contributed by atoms with Crippen molar-refractivity contribution in [3.05, 3.63) is 40.9 Å². The van der Waals surface area contributed by atoms with Crippen LogP contribution in [0.5, 0.6) is 5.75 Å². The molecule has 2 aromatic heterocycles. The maximum atomic E-state index is 12.7. The maximum Gasteiger partial charge on any atom is 0.338 e. The zero-order valence-corrected chi connectivity index (χ0v) is 13.7. The molecule has 0 unspecified atom stereocenters. The first-order valence-electron chi connectivity index (χ1n) is 8.09. The van der Waals surface area contributed by atoms with E-state index < -0.39 is 5.69 Å². The van der Waals surface area contributed by atoms with Crippen molar-refractivity contribution < 1.29 is 9.90 Å². The van der Waals surface area contributed by atoms with Crippen molar-refractivity contribution in [2.75, 3.05) is 13.1 Å². The van der Waals surface area contributed by atoms with Gasteiger partial charge in [0.05, 0.1) is 6.20 Å². The third-order valence-corrected chi connectivity index (χ3v) is 4.46. The fraction of sp³-hybridized carbons (Fsp3) is 0.294. The number of aromatic nitrogens is 4. The summed E-state index contributed by atoms with van der Waals surface area (Å²) in [5.41, 5.74) is 0.960. The number of amides is 1. The van der Waals surface area contributed by atoms with Gasteiger partial charge in [0.25, 0.3) is 0 Å². The highest BCUT2D eigenvalue weighted by molar-refractivity contribution is 5.88. The van der Waals surface area contributed by atoms with Crippen LogP contribution >= 0.6 is 0 Å². The molecular weight excluding hydrogens is 322 g/mol. The number of aromatic hydroxyl groups is 1. The fourth-order valence-electron chi connectivity index (χ4n) is 3.13. The molecule has 8 nitrogen and oxygen atoms in total. The molecule has 0 atom stereocenters. The van der Waals surface area contributed by atoms with Crippen LogP contribution in [0.4, 0.5) is 4.79 Å². The summed E-state index contributed by atoms with van der Waals surface area (Å²) in [5.74, 6) is 0.488. The Balaban J connectivity index is 1.86. The molecule has 0 bridgehead atoms. The minimum atomic E-state index is -0.436. The summed E-state index contributed by atoms with van der Waals surface area (Å²) in [5, 5.41) is 9.62. The number of rotatable bonds is 1. The highest BCUT2D eigenvalue weighted by Gasteiger charge is 2.25. The van der Waals surface area contributed by atoms with E-state index in [9.17, 15) is 14.7 Å². The number of phenols is 1. The van der Waals surface area contributed by atoms with Crippen LogP contribution in [0.1, 0.15) is 12.8 Å². The zero-order chi connectivity index (χ0) is 17.6. The minimum Gasteiger partial charge on any atom is -0.508 e. The van der Waals surface area contributed by atoms with E-state index in [0.29, 0.717) is 35.6 Å². The number of carbonyl (C=O) groups is 1. The van der Waals surface area contributed by atoms with Gasteiger partial charge in [-0.05, 0) is 25.0 Å². The van der Waals surface area contributed by atoms with E-state index >= 15 is 0 Å². The van der Waals surface area contributed by atoms with Crippen LogP contribution in [-0.4, -0.2) is 48.2 Å². The van der Waals surface area contributed by atoms with Crippen LogP contribution < -0.4 is 5.69 Å². The van der Waals surface area contributed by atoms with E-state index in [1.807, 2.05) is 0 Å². The predicted octanol–water partition coefficient (Wildman–Crippen LogP) is 1.57. The van der Waals surface area contributed by atoms with Gasteiger partial charge in [-0.3, -0.25) is 4.57 Å². The van der Waals surface area contributed by atoms with Crippen molar-refractivity contribution in [2.45, 2.75) is 12.8 Å². The second-order valence-electron chi connectivity index (χ2n) is 6.11. The third kappa shape index (κ3) is 2.46. The van der Waals surface area contributed by atoms with Gasteiger partial charge in [0.2, 0.25) is 0 Å². The molecule has 8 heteroatoms. The van der Waals surface area contributed by atoms with Crippen LogP contribution in [0, 0.1) is 0 Å². The van der Waals surface area contributed by atoms with Crippen molar-refractivity contribution in [2.24, 2.45) is 7.05 Å². The molecular formula is C17H17N5O3. The lowest BCUT2D eigenvalue weighted by Gasteiger charge is -2.14. The molecule has 1 aliphatic heterocycles. The number of imidazole rings is 1. The average molecular weight is 339 g/mol. The molecule has 25 heavy (non-hydrogen) atoms. The number of aryl methyl sites for hydroxylation is 1. The monoisotopic (exact) mass is 339 g/mol. The summed E-state index contributed by atoms with van der Waals surface area (Å²) in [6.45, 7) is 1.31. The first-order valence-corrected chi connectivity index (χ1v) is 8.09. The Hall–Kier alpha value is -3.16. The molecule has 0 saturated carbocycles. The topological polar surface area (TPSA) is 93.2 Å². The van der Waals surface area contributed by atoms with Gasteiger partial charge in [-0.15, -0.1) is 0 Å². The Bertz CT molecular complexity index is 1030. The summed E-state index contributed by atoms with van der Waals surface area (Å²) in [6, 6.07) is 6.24. The Morgan fingerprint density at radius 1 is 1.24 bits per heavy atom. The predicted molar refractivity (Wildman–Crippen MR) is 91.5 cm³/mol. The molecule has 4 rings (SSSR count). The lowest BCUT2D eigenvalue weighted by Crippen LogP contribution is -2.38. The average Bonchev–Trinajstić information content (AvgIpc) is 3.23. The summed E-state index contributed by atoms with van der Waals surface area (Å²) >= 11 is 0. The number of hydrogen-bond acceptors (Lipinski definition) is 5. The van der Waals surface area contributed by atoms with E-state index in [0.717, 1.165) is 17.4 Å². The Kier molecular flexibility index (Phi) is 3.52. The van der Waals surface area contributed by atoms with Crippen molar-refractivity contribution in [1.82, 2.24) is 24.0 Å². The fourth-order valence-corrected chi connectivity index (χ4v) is 3.13. The summed E-state index contributed by atoms with van der Waals surface area (Å²) in [4.78, 5) is 35.6. The summed E-state index contributed by atoms with van der Waals surface area (Å²) in [6.07, 6.45) is 3.38. The van der Waals surface area contributed by atoms with Gasteiger partial charge in [0.15, 0.2) is 11.5 Å². The highest BCUT2D eigenvalue weighted by atomic mass is 16.3. The molecule has 3 heterocycles. The largest absolute Gasteiger partial charge is 0.508 e. The molecule has 128 valence electrons. The second-order valence-corrected chi connectivity index (χ2v) is 6.11. The van der Waals surface area contributed by atoms with Crippen molar-refractivity contribution in [3.63, 3.8) is 0 Å². The molecule has 0 aliphatic carbocycles. The van der Waals surface area contributed by atoms with Crippen LogP contribution in [0.15, 0.2) is 35.3 Å². The van der Waals surface area contributed by atoms with Gasteiger partial charge < -0.3 is 10.0 Å². The number of fused-ring (bicyclic) bond motifs is 1. The van der Waals surface area contributed by atoms with Crippen LogP contribution in [0.2, 0.25) is 0 Å². The summed E-state index contributed by atoms with van der Waals surface area (Å²) in [7, 11) is 1.58. The van der Waals surface area contributed by atoms with Crippen molar-refractivity contribution in [1.29, 1.82) is 0 Å². The van der Waals surface area contributed by atoms with Crippen LogP contribution in [0.25, 0.3) is 22.6 Å². The first kappa shape index (κ1) is 15.4. The van der Waals surface area contributed by atoms with Gasteiger partial charge in [-0.1, -0.05) is 12.1 Å². The molecule has 0 spiro atoms. The minimum absolute atomic E-state index is 0.108. The van der Waals surface area contributed by atoms with E-state index in [2.05, 4.69) is 9.97 Å². The SMILES string of the molecule is Cn1c(=O)n(C(=O)N2CCCC2)c2cnc(-c3cccc(O)c3)nc21. The number of hydrogen-bond donors (Lipinski definition) is 1. The van der Waals surface area contributed by atoms with Gasteiger partial charge >= 0.3 is 11.7 Å². The normalized spacial score (nSPS) is 14.4. The molecule has 3 aromatic rings. The summed E-state index contributed by atoms with van der Waals surface area (Å²) < 4.78 is 2.48. The van der Waals surface area contributed by atoms with E-state index in [1.165, 1.54) is 10.8 Å². The lowest BCUT2D eigenvalue weighted by molar-refractivity contribution is 0.210. The van der Waals surface area contributed by atoms with Gasteiger partial charge in [0.1, 0.15) is 11.3 Å². The van der Waals surface area contributed by atoms with E-state index in [1.54, 1.807) is 36.2 Å². The molecule has 1 aromatic carbocycles. The molecule has 1 N–H and O–H groups in total. The number of benzene rings is 1. The quantitative estimate of drug-likeness (QED) is 0.726. The molecule has 0 radical (unpaired) electrons. The zero-order valence-electron chi connectivity index (χ0n) is 13.7. The Morgan fingerprint density at radius 3 is 2.72 bits per heavy atom. The van der Waals surface area contributed by atoms with Gasteiger partial charge in [-0.2, -0.15) is 0 Å². The highest BCUT2D eigenvalue weighted by Crippen LogP contribution is 2.22. The van der Waals surface area contributed by atoms with Crippen molar-refractivity contribution >= 4 is 17.2 Å². The van der Waals surface area contributed by atoms with Gasteiger partial charge in [-0.25, -0.2) is 24.1 Å². The molecule has 1 saturated heterocycles. The van der Waals surface area contributed by atoms with E-state index in [-0.39, 0.29) is 11.8 Å². The second kappa shape index (κ2) is 5.73. The smallest absolute Gasteiger partial charge is 0.338 e. The van der Waals surface area contributed by atoms with Crippen molar-refractivity contribution in [3.8, 4) is 17.1 Å². The number of carbonyl (C=O) groups excluding carboxylic acids is 1. The number of phenolic OH excluding ortho intramolecular Hbond substituents is 1. The lowest BCUT2D eigenvalue weighted by atomic mass is 10.2. The van der Waals surface area contributed by atoms with Crippen LogP contribution in [-0.2, 0) is 7.05 Å². The van der Waals surface area contributed by atoms with Gasteiger partial charge in [0, 0.05) is 25.7 Å². The molecule has 1 amide bonds. The molecule has 1 aliphatic rings. The number of likely N-dealkylation sites (tertiary alicyclic amines) is 1. The van der Waals surface area contributed by atoms with E-state index in [4.69, 9.17) is 0 Å². The Morgan fingerprint density at radius 2 is 2.00 bits per heavy atom. The third-order valence-electron chi connectivity index (χ3n) is 4.46. The first-order chi connectivity index (χ1) is 12.1. The molecule has 1 fully saturated rings.